The number of carbonyl (C=O) groups is 2. The number of esters is 1. The molecular formula is C9H10O3. The molecule has 0 unspecified atom stereocenters. The van der Waals surface area contributed by atoms with Crippen LogP contribution < -0.4 is 0 Å². The molecule has 0 aromatic carbocycles. The van der Waals surface area contributed by atoms with E-state index >= 15 is 0 Å². The molecule has 0 N–H and O–H groups in total. The highest BCUT2D eigenvalue weighted by molar-refractivity contribution is 5.98. The molecule has 0 aromatic rings. The number of ether oxygens (including phenoxy) is 1. The predicted octanol–water partition coefficient (Wildman–Crippen LogP) is 0.240. The van der Waals surface area contributed by atoms with E-state index in [9.17, 15) is 9.59 Å². The zero-order valence-corrected chi connectivity index (χ0v) is 6.82. The van der Waals surface area contributed by atoms with E-state index in [1.807, 2.05) is 0 Å². The summed E-state index contributed by atoms with van der Waals surface area (Å²) < 4.78 is 4.69. The summed E-state index contributed by atoms with van der Waals surface area (Å²) in [6, 6.07) is 0. The maximum Gasteiger partial charge on any atom is 0.309 e. The van der Waals surface area contributed by atoms with Gasteiger partial charge in [-0.15, -0.1) is 0 Å². The monoisotopic (exact) mass is 166 g/mol. The summed E-state index contributed by atoms with van der Waals surface area (Å²) in [5.41, 5.74) is 0. The third-order valence-electron chi connectivity index (χ3n) is 3.77. The number of ketones is 1. The molecule has 4 rings (SSSR count). The Morgan fingerprint density at radius 1 is 1.58 bits per heavy atom. The average molecular weight is 166 g/mol. The van der Waals surface area contributed by atoms with Gasteiger partial charge in [-0.3, -0.25) is 9.59 Å². The van der Waals surface area contributed by atoms with E-state index in [-0.39, 0.29) is 23.7 Å². The van der Waals surface area contributed by atoms with Gasteiger partial charge in [-0.05, 0) is 18.3 Å². The first-order valence-electron chi connectivity index (χ1n) is 4.37. The van der Waals surface area contributed by atoms with Crippen molar-refractivity contribution in [2.75, 3.05) is 7.11 Å². The van der Waals surface area contributed by atoms with Crippen LogP contribution in [-0.2, 0) is 14.3 Å². The largest absolute Gasteiger partial charge is 0.469 e. The van der Waals surface area contributed by atoms with E-state index in [2.05, 4.69) is 4.74 Å². The smallest absolute Gasteiger partial charge is 0.309 e. The molecule has 3 nitrogen and oxygen atoms in total. The standard InChI is InChI=1S/C9H10O3/c1-12-9(11)7-4-2-3-5(7)6(3)8(4)10/h3-7H,2H2,1H3/t3-,4-,5+,6-,7-/m0/s1. The van der Waals surface area contributed by atoms with E-state index in [0.717, 1.165) is 6.42 Å². The molecule has 4 bridgehead atoms. The molecule has 4 aliphatic rings. The van der Waals surface area contributed by atoms with Crippen molar-refractivity contribution in [3.05, 3.63) is 0 Å². The van der Waals surface area contributed by atoms with Gasteiger partial charge >= 0.3 is 5.97 Å². The second-order valence-corrected chi connectivity index (χ2v) is 4.06. The Labute approximate surface area is 70.1 Å². The summed E-state index contributed by atoms with van der Waals surface area (Å²) in [6.07, 6.45) is 0.952. The quantitative estimate of drug-likeness (QED) is 0.524. The van der Waals surface area contributed by atoms with Gasteiger partial charge in [-0.25, -0.2) is 0 Å². The third kappa shape index (κ3) is 0.490. The first-order chi connectivity index (χ1) is 5.75. The van der Waals surface area contributed by atoms with E-state index in [1.54, 1.807) is 0 Å². The van der Waals surface area contributed by atoms with Gasteiger partial charge in [0, 0.05) is 11.8 Å². The number of carbonyl (C=O) groups excluding carboxylic acids is 2. The van der Waals surface area contributed by atoms with Crippen molar-refractivity contribution in [2.45, 2.75) is 6.42 Å². The van der Waals surface area contributed by atoms with Crippen molar-refractivity contribution < 1.29 is 14.3 Å². The Morgan fingerprint density at radius 2 is 2.33 bits per heavy atom. The SMILES string of the molecule is COC(=O)[C@@H]1[C@@H]2[C@@H]3C[C@@H]1C(=O)[C@@H]32. The normalized spacial score (nSPS) is 52.8. The lowest BCUT2D eigenvalue weighted by molar-refractivity contribution is -0.147. The Balaban J connectivity index is 1.93. The number of Topliss-reactive ketones (excluding diaryl/α,β-unsaturated/α-hetero) is 1. The molecule has 0 amide bonds. The molecule has 64 valence electrons. The van der Waals surface area contributed by atoms with Crippen molar-refractivity contribution in [1.29, 1.82) is 0 Å². The van der Waals surface area contributed by atoms with Gasteiger partial charge < -0.3 is 4.74 Å². The molecular weight excluding hydrogens is 156 g/mol. The van der Waals surface area contributed by atoms with Crippen LogP contribution in [0, 0.1) is 29.6 Å². The van der Waals surface area contributed by atoms with Gasteiger partial charge in [-0.2, -0.15) is 0 Å². The van der Waals surface area contributed by atoms with E-state index < -0.39 is 0 Å². The average Bonchev–Trinajstić information content (AvgIpc) is 2.42. The number of hydrogen-bond donors (Lipinski definition) is 0. The molecule has 0 aromatic heterocycles. The van der Waals surface area contributed by atoms with Crippen LogP contribution in [0.25, 0.3) is 0 Å². The molecule has 0 aliphatic heterocycles. The second-order valence-electron chi connectivity index (χ2n) is 4.06. The van der Waals surface area contributed by atoms with Crippen LogP contribution in [0.2, 0.25) is 0 Å². The Hall–Kier alpha value is -0.860. The maximum absolute atomic E-state index is 11.4. The third-order valence-corrected chi connectivity index (χ3v) is 3.77. The maximum atomic E-state index is 11.4. The van der Waals surface area contributed by atoms with Crippen molar-refractivity contribution in [3.8, 4) is 0 Å². The molecule has 0 heterocycles. The fourth-order valence-corrected chi connectivity index (χ4v) is 3.30. The van der Waals surface area contributed by atoms with Crippen molar-refractivity contribution >= 4 is 11.8 Å². The van der Waals surface area contributed by atoms with Gasteiger partial charge in [-0.1, -0.05) is 0 Å². The highest BCUT2D eigenvalue weighted by Crippen LogP contribution is 2.71. The lowest BCUT2D eigenvalue weighted by atomic mass is 9.98. The van der Waals surface area contributed by atoms with Crippen LogP contribution in [0.5, 0.6) is 0 Å². The lowest BCUT2D eigenvalue weighted by Gasteiger charge is -2.09. The first-order valence-corrected chi connectivity index (χ1v) is 4.37. The summed E-state index contributed by atoms with van der Waals surface area (Å²) in [7, 11) is 1.40. The molecule has 4 aliphatic carbocycles. The minimum atomic E-state index is -0.166. The van der Waals surface area contributed by atoms with E-state index in [1.165, 1.54) is 7.11 Å². The summed E-state index contributed by atoms with van der Waals surface area (Å²) >= 11 is 0. The van der Waals surface area contributed by atoms with Gasteiger partial charge in [0.15, 0.2) is 0 Å². The lowest BCUT2D eigenvalue weighted by Crippen LogP contribution is -2.21. The predicted molar refractivity (Wildman–Crippen MR) is 39.1 cm³/mol. The Bertz CT molecular complexity index is 283. The van der Waals surface area contributed by atoms with Crippen LogP contribution in [0.15, 0.2) is 0 Å². The number of hydrogen-bond acceptors (Lipinski definition) is 3. The minimum absolute atomic E-state index is 0.0254. The summed E-state index contributed by atoms with van der Waals surface area (Å²) in [6.45, 7) is 0. The highest BCUT2D eigenvalue weighted by Gasteiger charge is 2.75. The minimum Gasteiger partial charge on any atom is -0.469 e. The van der Waals surface area contributed by atoms with E-state index in [4.69, 9.17) is 0 Å². The number of rotatable bonds is 1. The summed E-state index contributed by atoms with van der Waals surface area (Å²) in [5.74, 6) is 1.29. The fraction of sp³-hybridized carbons (Fsp3) is 0.778. The number of methoxy groups -OCH3 is 1. The van der Waals surface area contributed by atoms with E-state index in [0.29, 0.717) is 17.6 Å². The van der Waals surface area contributed by atoms with Crippen molar-refractivity contribution in [2.24, 2.45) is 29.6 Å². The zero-order valence-electron chi connectivity index (χ0n) is 6.82. The second kappa shape index (κ2) is 1.73. The van der Waals surface area contributed by atoms with Crippen LogP contribution >= 0.6 is 0 Å². The van der Waals surface area contributed by atoms with Crippen molar-refractivity contribution in [3.63, 3.8) is 0 Å². The van der Waals surface area contributed by atoms with Gasteiger partial charge in [0.2, 0.25) is 0 Å². The Kier molecular flexibility index (Phi) is 0.955. The molecule has 5 atom stereocenters. The van der Waals surface area contributed by atoms with Crippen LogP contribution in [-0.4, -0.2) is 18.9 Å². The first kappa shape index (κ1) is 6.63. The summed E-state index contributed by atoms with van der Waals surface area (Å²) in [5, 5.41) is 0. The van der Waals surface area contributed by atoms with Crippen LogP contribution in [0.1, 0.15) is 6.42 Å². The fourth-order valence-electron chi connectivity index (χ4n) is 3.30. The van der Waals surface area contributed by atoms with Gasteiger partial charge in [0.25, 0.3) is 0 Å². The molecule has 0 spiro atoms. The highest BCUT2D eigenvalue weighted by atomic mass is 16.5. The molecule has 0 saturated heterocycles. The van der Waals surface area contributed by atoms with Crippen LogP contribution in [0.3, 0.4) is 0 Å². The molecule has 4 fully saturated rings. The topological polar surface area (TPSA) is 43.4 Å². The summed E-state index contributed by atoms with van der Waals surface area (Å²) in [4.78, 5) is 22.7. The van der Waals surface area contributed by atoms with Gasteiger partial charge in [0.05, 0.1) is 13.0 Å². The molecule has 0 radical (unpaired) electrons. The molecule has 4 saturated carbocycles. The molecule has 12 heavy (non-hydrogen) atoms. The van der Waals surface area contributed by atoms with Crippen LogP contribution in [0.4, 0.5) is 0 Å². The van der Waals surface area contributed by atoms with Gasteiger partial charge in [0.1, 0.15) is 5.78 Å². The zero-order chi connectivity index (χ0) is 8.46. The molecule has 3 heteroatoms. The Morgan fingerprint density at radius 3 is 2.67 bits per heavy atom. The van der Waals surface area contributed by atoms with Crippen molar-refractivity contribution in [1.82, 2.24) is 0 Å².